The van der Waals surface area contributed by atoms with E-state index in [1.54, 1.807) is 0 Å². The van der Waals surface area contributed by atoms with E-state index in [2.05, 4.69) is 10.9 Å². The van der Waals surface area contributed by atoms with Crippen molar-refractivity contribution in [3.63, 3.8) is 0 Å². The van der Waals surface area contributed by atoms with Crippen molar-refractivity contribution < 1.29 is 14.0 Å². The molecule has 2 amide bonds. The van der Waals surface area contributed by atoms with Gasteiger partial charge >= 0.3 is 0 Å². The van der Waals surface area contributed by atoms with E-state index in [9.17, 15) is 9.59 Å². The van der Waals surface area contributed by atoms with Crippen molar-refractivity contribution in [3.05, 3.63) is 24.2 Å². The maximum Gasteiger partial charge on any atom is 0.272 e. The quantitative estimate of drug-likeness (QED) is 0.733. The molecule has 1 heterocycles. The number of hydrogen-bond donors (Lipinski definition) is 2. The predicted octanol–water partition coefficient (Wildman–Crippen LogP) is 1.09. The summed E-state index contributed by atoms with van der Waals surface area (Å²) in [6.45, 7) is 3.86. The fourth-order valence-corrected chi connectivity index (χ4v) is 1.01. The maximum absolute atomic E-state index is 11.3. The molecule has 0 atom stereocenters. The van der Waals surface area contributed by atoms with Gasteiger partial charge in [0.25, 0.3) is 5.91 Å². The maximum atomic E-state index is 11.3. The van der Waals surface area contributed by atoms with E-state index in [1.807, 2.05) is 13.8 Å². The Balaban J connectivity index is 2.32. The Kier molecular flexibility index (Phi) is 3.91. The monoisotopic (exact) mass is 210 g/mol. The molecule has 0 radical (unpaired) electrons. The average molecular weight is 210 g/mol. The largest absolute Gasteiger partial charge is 0.472 e. The average Bonchev–Trinajstić information content (AvgIpc) is 2.65. The normalized spacial score (nSPS) is 10.1. The molecule has 1 aromatic heterocycles. The Morgan fingerprint density at radius 3 is 2.67 bits per heavy atom. The van der Waals surface area contributed by atoms with Crippen molar-refractivity contribution in [3.8, 4) is 0 Å². The lowest BCUT2D eigenvalue weighted by Gasteiger charge is -2.07. The third-order valence-electron chi connectivity index (χ3n) is 1.69. The Morgan fingerprint density at radius 1 is 1.40 bits per heavy atom. The molecule has 0 aromatic carbocycles. The second-order valence-electron chi connectivity index (χ2n) is 3.61. The number of nitrogens with one attached hydrogen (secondary N) is 2. The Labute approximate surface area is 87.8 Å². The minimum atomic E-state index is -0.388. The van der Waals surface area contributed by atoms with Crippen molar-refractivity contribution in [2.24, 2.45) is 5.92 Å². The first-order valence-corrected chi connectivity index (χ1v) is 4.71. The van der Waals surface area contributed by atoms with Crippen LogP contribution in [-0.2, 0) is 4.79 Å². The lowest BCUT2D eigenvalue weighted by Crippen LogP contribution is -2.41. The zero-order valence-electron chi connectivity index (χ0n) is 8.74. The first kappa shape index (κ1) is 11.3. The van der Waals surface area contributed by atoms with E-state index < -0.39 is 0 Å². The van der Waals surface area contributed by atoms with Gasteiger partial charge in [0.05, 0.1) is 11.8 Å². The fraction of sp³-hybridized carbons (Fsp3) is 0.400. The highest BCUT2D eigenvalue weighted by Crippen LogP contribution is 1.99. The fourth-order valence-electron chi connectivity index (χ4n) is 1.01. The van der Waals surface area contributed by atoms with Gasteiger partial charge in [0.15, 0.2) is 0 Å². The number of amides is 2. The second-order valence-corrected chi connectivity index (χ2v) is 3.61. The summed E-state index contributed by atoms with van der Waals surface area (Å²) in [7, 11) is 0. The van der Waals surface area contributed by atoms with Gasteiger partial charge in [-0.25, -0.2) is 0 Å². The van der Waals surface area contributed by atoms with Crippen LogP contribution in [0.25, 0.3) is 0 Å². The van der Waals surface area contributed by atoms with Crippen molar-refractivity contribution in [1.82, 2.24) is 10.9 Å². The van der Waals surface area contributed by atoms with E-state index >= 15 is 0 Å². The van der Waals surface area contributed by atoms with Crippen LogP contribution in [-0.4, -0.2) is 11.8 Å². The molecule has 2 N–H and O–H groups in total. The molecule has 0 bridgehead atoms. The minimum Gasteiger partial charge on any atom is -0.472 e. The molecule has 0 saturated heterocycles. The van der Waals surface area contributed by atoms with E-state index in [0.717, 1.165) is 0 Å². The molecule has 15 heavy (non-hydrogen) atoms. The third-order valence-corrected chi connectivity index (χ3v) is 1.69. The van der Waals surface area contributed by atoms with Crippen LogP contribution in [0.5, 0.6) is 0 Å². The van der Waals surface area contributed by atoms with Crippen LogP contribution in [0.1, 0.15) is 30.6 Å². The van der Waals surface area contributed by atoms with Gasteiger partial charge in [-0.2, -0.15) is 0 Å². The SMILES string of the molecule is CC(C)CC(=O)NNC(=O)c1ccoc1. The third kappa shape index (κ3) is 3.84. The zero-order valence-corrected chi connectivity index (χ0v) is 8.74. The molecule has 0 unspecified atom stereocenters. The van der Waals surface area contributed by atoms with E-state index in [4.69, 9.17) is 4.42 Å². The number of hydrazine groups is 1. The molecule has 82 valence electrons. The van der Waals surface area contributed by atoms with Gasteiger partial charge in [-0.3, -0.25) is 20.4 Å². The van der Waals surface area contributed by atoms with Gasteiger partial charge in [-0.05, 0) is 12.0 Å². The Hall–Kier alpha value is -1.78. The predicted molar refractivity (Wildman–Crippen MR) is 53.8 cm³/mol. The highest BCUT2D eigenvalue weighted by Gasteiger charge is 2.08. The first-order valence-electron chi connectivity index (χ1n) is 4.71. The summed E-state index contributed by atoms with van der Waals surface area (Å²) >= 11 is 0. The molecule has 0 aliphatic rings. The Bertz CT molecular complexity index is 330. The van der Waals surface area contributed by atoms with Crippen LogP contribution in [0.2, 0.25) is 0 Å². The molecule has 5 nitrogen and oxygen atoms in total. The van der Waals surface area contributed by atoms with Crippen molar-refractivity contribution in [2.45, 2.75) is 20.3 Å². The van der Waals surface area contributed by atoms with Gasteiger partial charge in [0.1, 0.15) is 6.26 Å². The molecular formula is C10H14N2O3. The molecular weight excluding hydrogens is 196 g/mol. The number of carbonyl (C=O) groups is 2. The molecule has 1 rings (SSSR count). The summed E-state index contributed by atoms with van der Waals surface area (Å²) in [5, 5.41) is 0. The molecule has 0 aliphatic carbocycles. The molecule has 0 aliphatic heterocycles. The minimum absolute atomic E-state index is 0.207. The molecule has 0 fully saturated rings. The van der Waals surface area contributed by atoms with Gasteiger partial charge in [-0.1, -0.05) is 13.8 Å². The van der Waals surface area contributed by atoms with Crippen LogP contribution >= 0.6 is 0 Å². The van der Waals surface area contributed by atoms with Crippen molar-refractivity contribution in [1.29, 1.82) is 0 Å². The summed E-state index contributed by atoms with van der Waals surface area (Å²) < 4.78 is 4.73. The number of carbonyl (C=O) groups excluding carboxylic acids is 2. The van der Waals surface area contributed by atoms with Gasteiger partial charge in [0, 0.05) is 6.42 Å². The van der Waals surface area contributed by atoms with E-state index in [-0.39, 0.29) is 17.7 Å². The summed E-state index contributed by atoms with van der Waals surface area (Å²) in [5.41, 5.74) is 4.99. The van der Waals surface area contributed by atoms with Gasteiger partial charge in [-0.15, -0.1) is 0 Å². The van der Waals surface area contributed by atoms with E-state index in [0.29, 0.717) is 12.0 Å². The summed E-state index contributed by atoms with van der Waals surface area (Å²) in [6, 6.07) is 1.52. The molecule has 5 heteroatoms. The number of furan rings is 1. The lowest BCUT2D eigenvalue weighted by atomic mass is 10.1. The smallest absolute Gasteiger partial charge is 0.272 e. The van der Waals surface area contributed by atoms with Crippen molar-refractivity contribution >= 4 is 11.8 Å². The van der Waals surface area contributed by atoms with Crippen LogP contribution in [0.15, 0.2) is 23.0 Å². The number of hydrogen-bond acceptors (Lipinski definition) is 3. The summed E-state index contributed by atoms with van der Waals surface area (Å²) in [6.07, 6.45) is 3.08. The summed E-state index contributed by atoms with van der Waals surface area (Å²) in [5.74, 6) is -0.335. The molecule has 0 spiro atoms. The van der Waals surface area contributed by atoms with Gasteiger partial charge in [0.2, 0.25) is 5.91 Å². The summed E-state index contributed by atoms with van der Waals surface area (Å²) in [4.78, 5) is 22.5. The highest BCUT2D eigenvalue weighted by atomic mass is 16.3. The number of rotatable bonds is 3. The van der Waals surface area contributed by atoms with Crippen LogP contribution in [0, 0.1) is 5.92 Å². The molecule has 1 aromatic rings. The highest BCUT2D eigenvalue weighted by molar-refractivity contribution is 5.94. The van der Waals surface area contributed by atoms with E-state index in [1.165, 1.54) is 18.6 Å². The van der Waals surface area contributed by atoms with Crippen LogP contribution in [0.3, 0.4) is 0 Å². The van der Waals surface area contributed by atoms with Crippen LogP contribution in [0.4, 0.5) is 0 Å². The van der Waals surface area contributed by atoms with Crippen molar-refractivity contribution in [2.75, 3.05) is 0 Å². The van der Waals surface area contributed by atoms with Gasteiger partial charge < -0.3 is 4.42 Å². The zero-order chi connectivity index (χ0) is 11.3. The topological polar surface area (TPSA) is 71.3 Å². The lowest BCUT2D eigenvalue weighted by molar-refractivity contribution is -0.122. The van der Waals surface area contributed by atoms with Crippen LogP contribution < -0.4 is 10.9 Å². The molecule has 0 saturated carbocycles. The first-order chi connectivity index (χ1) is 7.09. The Morgan fingerprint density at radius 2 is 2.13 bits per heavy atom. The second kappa shape index (κ2) is 5.19. The standard InChI is InChI=1S/C10H14N2O3/c1-7(2)5-9(13)11-12-10(14)8-3-4-15-6-8/h3-4,6-7H,5H2,1-2H3,(H,11,13)(H,12,14).